The fourth-order valence-electron chi connectivity index (χ4n) is 3.27. The topological polar surface area (TPSA) is 97.1 Å². The normalized spacial score (nSPS) is 13.9. The van der Waals surface area contributed by atoms with Crippen LogP contribution in [0.25, 0.3) is 11.5 Å². The molecule has 2 amide bonds. The third-order valence-corrected chi connectivity index (χ3v) is 6.00. The van der Waals surface area contributed by atoms with Crippen molar-refractivity contribution in [3.63, 3.8) is 0 Å². The molecule has 0 unspecified atom stereocenters. The van der Waals surface area contributed by atoms with Crippen LogP contribution in [0.15, 0.2) is 41.1 Å². The summed E-state index contributed by atoms with van der Waals surface area (Å²) in [4.78, 5) is 26.7. The number of nitrogens with zero attached hydrogens (tertiary/aromatic N) is 2. The molecule has 0 fully saturated rings. The zero-order chi connectivity index (χ0) is 19.3. The molecule has 28 heavy (non-hydrogen) atoms. The van der Waals surface area contributed by atoms with Crippen molar-refractivity contribution in [1.29, 1.82) is 0 Å². The number of aryl methyl sites for hydroxylation is 2. The first kappa shape index (κ1) is 18.4. The molecule has 0 bridgehead atoms. The smallest absolute Gasteiger partial charge is 0.279 e. The highest BCUT2D eigenvalue weighted by Crippen LogP contribution is 2.28. The molecular weight excluding hydrogens is 376 g/mol. The number of rotatable bonds is 3. The molecule has 2 N–H and O–H groups in total. The Bertz CT molecular complexity index is 939. The minimum absolute atomic E-state index is 0.285. The fraction of sp³-hybridized carbons (Fsp3) is 0.300. The molecule has 4 rings (SSSR count). The summed E-state index contributed by atoms with van der Waals surface area (Å²) < 4.78 is 5.12. The third-order valence-electron chi connectivity index (χ3n) is 4.76. The summed E-state index contributed by atoms with van der Waals surface area (Å²) in [6, 6.07) is 8.66. The molecular formula is C20H20N4O3S. The van der Waals surface area contributed by atoms with Crippen LogP contribution in [0, 0.1) is 0 Å². The van der Waals surface area contributed by atoms with Gasteiger partial charge in [0.1, 0.15) is 0 Å². The van der Waals surface area contributed by atoms with Gasteiger partial charge in [-0.15, -0.1) is 21.5 Å². The maximum absolute atomic E-state index is 12.4. The molecule has 0 radical (unpaired) electrons. The molecule has 2 aromatic heterocycles. The van der Waals surface area contributed by atoms with Gasteiger partial charge in [-0.2, -0.15) is 0 Å². The number of nitrogens with one attached hydrogen (secondary N) is 2. The van der Waals surface area contributed by atoms with Crippen molar-refractivity contribution < 1.29 is 14.0 Å². The molecule has 2 heterocycles. The number of hydrogen-bond donors (Lipinski definition) is 2. The molecule has 0 atom stereocenters. The molecule has 0 saturated carbocycles. The number of benzene rings is 1. The van der Waals surface area contributed by atoms with E-state index in [1.54, 1.807) is 24.3 Å². The van der Waals surface area contributed by atoms with Crippen molar-refractivity contribution in [2.45, 2.75) is 38.5 Å². The van der Waals surface area contributed by atoms with Crippen molar-refractivity contribution in [2.75, 3.05) is 0 Å². The van der Waals surface area contributed by atoms with Crippen LogP contribution in [-0.2, 0) is 12.8 Å². The second kappa shape index (κ2) is 8.35. The van der Waals surface area contributed by atoms with E-state index in [2.05, 4.69) is 21.0 Å². The van der Waals surface area contributed by atoms with Crippen molar-refractivity contribution in [1.82, 2.24) is 21.0 Å². The van der Waals surface area contributed by atoms with E-state index in [0.717, 1.165) is 12.8 Å². The monoisotopic (exact) mass is 396 g/mol. The van der Waals surface area contributed by atoms with Crippen LogP contribution < -0.4 is 10.9 Å². The van der Waals surface area contributed by atoms with Crippen LogP contribution in [0.3, 0.4) is 0 Å². The van der Waals surface area contributed by atoms with Crippen molar-refractivity contribution in [2.24, 2.45) is 0 Å². The molecule has 3 aromatic rings. The van der Waals surface area contributed by atoms with E-state index in [1.165, 1.54) is 53.9 Å². The van der Waals surface area contributed by atoms with E-state index in [1.807, 2.05) is 6.07 Å². The van der Waals surface area contributed by atoms with Crippen molar-refractivity contribution >= 4 is 23.2 Å². The van der Waals surface area contributed by atoms with E-state index in [4.69, 9.17) is 4.42 Å². The predicted molar refractivity (Wildman–Crippen MR) is 105 cm³/mol. The quantitative estimate of drug-likeness (QED) is 0.660. The lowest BCUT2D eigenvalue weighted by Crippen LogP contribution is -2.41. The Morgan fingerprint density at radius 2 is 1.71 bits per heavy atom. The Labute approximate surface area is 166 Å². The summed E-state index contributed by atoms with van der Waals surface area (Å²) in [5.41, 5.74) is 7.40. The van der Waals surface area contributed by atoms with Gasteiger partial charge in [0.2, 0.25) is 12.3 Å². The highest BCUT2D eigenvalue weighted by molar-refractivity contribution is 7.14. The average molecular weight is 396 g/mol. The van der Waals surface area contributed by atoms with E-state index < -0.39 is 0 Å². The number of hydrogen-bond acceptors (Lipinski definition) is 6. The van der Waals surface area contributed by atoms with Gasteiger partial charge in [-0.05, 0) is 61.6 Å². The maximum Gasteiger partial charge on any atom is 0.279 e. The Morgan fingerprint density at radius 1 is 0.964 bits per heavy atom. The van der Waals surface area contributed by atoms with E-state index in [0.29, 0.717) is 21.9 Å². The number of thiophene rings is 1. The van der Waals surface area contributed by atoms with Gasteiger partial charge in [-0.3, -0.25) is 20.4 Å². The van der Waals surface area contributed by atoms with Gasteiger partial charge in [-0.1, -0.05) is 12.8 Å². The summed E-state index contributed by atoms with van der Waals surface area (Å²) in [6.07, 6.45) is 8.14. The van der Waals surface area contributed by atoms with Crippen LogP contribution in [0.5, 0.6) is 0 Å². The molecule has 7 nitrogen and oxygen atoms in total. The SMILES string of the molecule is O=C(NNC(=O)c1cc2c(s1)CCCCCC2)c1ccc(-c2nnco2)cc1. The van der Waals surface area contributed by atoms with Gasteiger partial charge in [0, 0.05) is 16.0 Å². The highest BCUT2D eigenvalue weighted by atomic mass is 32.1. The lowest BCUT2D eigenvalue weighted by Gasteiger charge is -2.07. The number of hydrazine groups is 1. The Hall–Kier alpha value is -3.00. The zero-order valence-electron chi connectivity index (χ0n) is 15.2. The maximum atomic E-state index is 12.4. The van der Waals surface area contributed by atoms with Gasteiger partial charge < -0.3 is 4.42 Å². The summed E-state index contributed by atoms with van der Waals surface area (Å²) in [5.74, 6) is -0.290. The lowest BCUT2D eigenvalue weighted by molar-refractivity contribution is 0.0849. The molecule has 0 spiro atoms. The summed E-state index contributed by atoms with van der Waals surface area (Å²) in [6.45, 7) is 0. The van der Waals surface area contributed by atoms with Crippen LogP contribution in [0.1, 0.15) is 56.2 Å². The zero-order valence-corrected chi connectivity index (χ0v) is 16.1. The number of carbonyl (C=O) groups excluding carboxylic acids is 2. The van der Waals surface area contributed by atoms with Gasteiger partial charge in [0.25, 0.3) is 11.8 Å². The molecule has 144 valence electrons. The number of aromatic nitrogens is 2. The lowest BCUT2D eigenvalue weighted by atomic mass is 10.00. The van der Waals surface area contributed by atoms with Crippen LogP contribution in [0.2, 0.25) is 0 Å². The van der Waals surface area contributed by atoms with E-state index in [9.17, 15) is 9.59 Å². The van der Waals surface area contributed by atoms with Crippen LogP contribution in [0.4, 0.5) is 0 Å². The first-order valence-electron chi connectivity index (χ1n) is 9.29. The van der Waals surface area contributed by atoms with E-state index in [-0.39, 0.29) is 11.8 Å². The van der Waals surface area contributed by atoms with Crippen LogP contribution in [-0.4, -0.2) is 22.0 Å². The minimum Gasteiger partial charge on any atom is -0.423 e. The van der Waals surface area contributed by atoms with Gasteiger partial charge in [0.05, 0.1) is 4.88 Å². The second-order valence-electron chi connectivity index (χ2n) is 6.70. The minimum atomic E-state index is -0.389. The van der Waals surface area contributed by atoms with Crippen molar-refractivity contribution in [3.05, 3.63) is 57.6 Å². The van der Waals surface area contributed by atoms with Gasteiger partial charge >= 0.3 is 0 Å². The first-order chi connectivity index (χ1) is 13.7. The van der Waals surface area contributed by atoms with Crippen LogP contribution >= 0.6 is 11.3 Å². The predicted octanol–water partition coefficient (Wildman–Crippen LogP) is 3.53. The fourth-order valence-corrected chi connectivity index (χ4v) is 4.42. The summed E-state index contributed by atoms with van der Waals surface area (Å²) in [5, 5.41) is 7.45. The second-order valence-corrected chi connectivity index (χ2v) is 7.84. The van der Waals surface area contributed by atoms with Gasteiger partial charge in [0.15, 0.2) is 0 Å². The molecule has 0 aliphatic heterocycles. The van der Waals surface area contributed by atoms with Gasteiger partial charge in [-0.25, -0.2) is 0 Å². The third kappa shape index (κ3) is 4.12. The molecule has 8 heteroatoms. The number of fused-ring (bicyclic) bond motifs is 1. The van der Waals surface area contributed by atoms with Crippen molar-refractivity contribution in [3.8, 4) is 11.5 Å². The summed E-state index contributed by atoms with van der Waals surface area (Å²) in [7, 11) is 0. The Kier molecular flexibility index (Phi) is 5.48. The first-order valence-corrected chi connectivity index (χ1v) is 10.1. The largest absolute Gasteiger partial charge is 0.423 e. The van der Waals surface area contributed by atoms with E-state index >= 15 is 0 Å². The molecule has 1 aliphatic carbocycles. The highest BCUT2D eigenvalue weighted by Gasteiger charge is 2.17. The average Bonchev–Trinajstić information content (AvgIpc) is 3.36. The number of amides is 2. The Morgan fingerprint density at radius 3 is 2.46 bits per heavy atom. The molecule has 0 saturated heterocycles. The molecule has 1 aromatic carbocycles. The standard InChI is InChI=1S/C20H20N4O3S/c25-18(13-7-9-14(10-8-13)20-24-21-12-27-20)22-23-19(26)17-11-15-5-3-1-2-4-6-16(15)28-17/h7-12H,1-6H2,(H,22,25)(H,23,26). The number of carbonyl (C=O) groups is 2. The molecule has 1 aliphatic rings. The Balaban J connectivity index is 1.36. The summed E-state index contributed by atoms with van der Waals surface area (Å²) >= 11 is 1.53.